The summed E-state index contributed by atoms with van der Waals surface area (Å²) in [7, 11) is 0. The van der Waals surface area contributed by atoms with E-state index >= 15 is 0 Å². The van der Waals surface area contributed by atoms with Gasteiger partial charge in [0.15, 0.2) is 0 Å². The van der Waals surface area contributed by atoms with Crippen molar-refractivity contribution in [2.45, 2.75) is 0 Å². The zero-order valence-electron chi connectivity index (χ0n) is 80.3. The lowest BCUT2D eigenvalue weighted by atomic mass is 9.83. The second-order valence-corrected chi connectivity index (χ2v) is 36.0. The number of rotatable bonds is 10. The molecule has 0 fully saturated rings. The summed E-state index contributed by atoms with van der Waals surface area (Å²) in [6.07, 6.45) is 0. The molecule has 3 aromatic heterocycles. The molecule has 0 aliphatic heterocycles. The van der Waals surface area contributed by atoms with Crippen LogP contribution >= 0.6 is 0 Å². The third-order valence-electron chi connectivity index (χ3n) is 28.4. The molecule has 3 nitrogen and oxygen atoms in total. The molecular formula is C136H84O3. The first-order chi connectivity index (χ1) is 71.1. The van der Waals surface area contributed by atoms with E-state index in [1.54, 1.807) is 0 Å². The first-order valence-corrected chi connectivity index (χ1v) is 47.4. The Bertz CT molecular complexity index is 10200. The van der Waals surface area contributed by atoms with Crippen molar-refractivity contribution in [3.63, 3.8) is 0 Å². The fourth-order valence-corrected chi connectivity index (χ4v) is 22.4. The van der Waals surface area contributed by atoms with Crippen molar-refractivity contribution in [3.8, 4) is 111 Å². The van der Waals surface area contributed by atoms with Gasteiger partial charge in [-0.1, -0.05) is 467 Å². The highest BCUT2D eigenvalue weighted by Gasteiger charge is 2.27. The van der Waals surface area contributed by atoms with E-state index in [2.05, 4.69) is 406 Å². The number of hydrogen-bond acceptors (Lipinski definition) is 3. The maximum atomic E-state index is 8.82. The Morgan fingerprint density at radius 1 is 0.137 bits per heavy atom. The van der Waals surface area contributed by atoms with Crippen molar-refractivity contribution in [3.05, 3.63) is 509 Å². The molecule has 0 unspecified atom stereocenters. The maximum absolute atomic E-state index is 8.82. The second kappa shape index (κ2) is 33.4. The molecule has 3 heterocycles. The molecular weight excluding hydrogens is 1680 g/mol. The van der Waals surface area contributed by atoms with Gasteiger partial charge in [0.05, 0.1) is 6.85 Å². The lowest BCUT2D eigenvalue weighted by molar-refractivity contribution is 0.669. The van der Waals surface area contributed by atoms with Crippen LogP contribution < -0.4 is 0 Å². The highest BCUT2D eigenvalue weighted by molar-refractivity contribution is 6.30. The molecule has 0 atom stereocenters. The largest absolute Gasteiger partial charge is 0.456 e. The molecule has 0 radical (unpaired) electrons. The topological polar surface area (TPSA) is 39.4 Å². The van der Waals surface area contributed by atoms with Crippen LogP contribution in [0.15, 0.2) is 523 Å². The molecule has 0 saturated carbocycles. The van der Waals surface area contributed by atoms with Crippen LogP contribution in [0.3, 0.4) is 0 Å². The molecule has 26 aromatic carbocycles. The van der Waals surface area contributed by atoms with E-state index in [9.17, 15) is 0 Å². The van der Waals surface area contributed by atoms with Crippen molar-refractivity contribution >= 4 is 174 Å². The average Bonchev–Trinajstić information content (AvgIpc) is 1.56. The van der Waals surface area contributed by atoms with Crippen molar-refractivity contribution in [2.75, 3.05) is 0 Å². The summed E-state index contributed by atoms with van der Waals surface area (Å²) >= 11 is 0. The lowest BCUT2D eigenvalue weighted by Gasteiger charge is -2.20. The van der Waals surface area contributed by atoms with Crippen molar-refractivity contribution in [1.82, 2.24) is 0 Å². The molecule has 0 amide bonds. The predicted molar refractivity (Wildman–Crippen MR) is 591 cm³/mol. The Kier molecular flexibility index (Phi) is 18.1. The van der Waals surface area contributed by atoms with Crippen LogP contribution in [0, 0.1) is 0 Å². The van der Waals surface area contributed by atoms with Crippen molar-refractivity contribution < 1.29 is 20.1 Å². The molecule has 0 saturated heterocycles. The molecule has 29 rings (SSSR count). The van der Waals surface area contributed by atoms with Gasteiger partial charge in [0, 0.05) is 48.7 Å². The Balaban J connectivity index is 0.000000108. The van der Waals surface area contributed by atoms with E-state index < -0.39 is 6.04 Å². The normalized spacial score (nSPS) is 12.2. The maximum Gasteiger partial charge on any atom is 0.143 e. The molecule has 0 aliphatic carbocycles. The van der Waals surface area contributed by atoms with Gasteiger partial charge in [-0.3, -0.25) is 0 Å². The zero-order valence-corrected chi connectivity index (χ0v) is 75.3. The van der Waals surface area contributed by atoms with E-state index in [1.165, 1.54) is 143 Å². The molecule has 0 aliphatic rings. The van der Waals surface area contributed by atoms with E-state index in [1.807, 2.05) is 72.8 Å². The molecule has 0 N–H and O–H groups in total. The minimum absolute atomic E-state index is 0.207. The first-order valence-electron chi connectivity index (χ1n) is 49.9. The predicted octanol–water partition coefficient (Wildman–Crippen LogP) is 39.0. The summed E-state index contributed by atoms with van der Waals surface area (Å²) in [4.78, 5) is 0. The van der Waals surface area contributed by atoms with Crippen LogP contribution in [0.25, 0.3) is 285 Å². The van der Waals surface area contributed by atoms with Crippen molar-refractivity contribution in [2.24, 2.45) is 0 Å². The number of benzene rings is 26. The van der Waals surface area contributed by atoms with Gasteiger partial charge in [-0.15, -0.1) is 0 Å². The number of para-hydroxylation sites is 3. The number of furan rings is 3. The van der Waals surface area contributed by atoms with Gasteiger partial charge >= 0.3 is 0 Å². The van der Waals surface area contributed by atoms with E-state index in [4.69, 9.17) is 20.1 Å². The van der Waals surface area contributed by atoms with Crippen LogP contribution in [0.1, 0.15) is 6.85 Å². The van der Waals surface area contributed by atoms with Crippen LogP contribution in [-0.2, 0) is 0 Å². The van der Waals surface area contributed by atoms with Crippen molar-refractivity contribution in [1.29, 1.82) is 0 Å². The molecule has 0 bridgehead atoms. The SMILES string of the molecule is [2H]c1c([2H])c([2H])c(-c2c3ccccc3c(-c3ccc(-c4c5ccccc5cc5oc6ccccc6c45)cc3)c3ccccc23)c([2H])c1[2H].c1ccc(-c2c3ccccc3c(-c3ccc(-c4cc5c6ccccc6oc5c5ccccc45)c4ccccc34)c3ccccc23)cc1.c1ccc(-c2ccc(-c3c4ccccc4c(-c4cccc(-c5cc6ccccc6c6oc7ccccc7c56)c4)c4ccccc34)cc2)cc1. The molecule has 0 spiro atoms. The van der Waals surface area contributed by atoms with Gasteiger partial charge in [0.1, 0.15) is 33.5 Å². The monoisotopic (exact) mass is 1770 g/mol. The van der Waals surface area contributed by atoms with E-state index in [0.717, 1.165) is 131 Å². The average molecular weight is 1770 g/mol. The van der Waals surface area contributed by atoms with Gasteiger partial charge in [-0.25, -0.2) is 0 Å². The van der Waals surface area contributed by atoms with Crippen LogP contribution in [0.4, 0.5) is 0 Å². The van der Waals surface area contributed by atoms with Crippen LogP contribution in [-0.4, -0.2) is 0 Å². The zero-order chi connectivity index (χ0) is 95.9. The van der Waals surface area contributed by atoms with E-state index in [0.29, 0.717) is 5.56 Å². The van der Waals surface area contributed by atoms with Crippen LogP contribution in [0.5, 0.6) is 0 Å². The van der Waals surface area contributed by atoms with Gasteiger partial charge < -0.3 is 13.3 Å². The second-order valence-electron chi connectivity index (χ2n) is 36.0. The van der Waals surface area contributed by atoms with E-state index in [-0.39, 0.29) is 29.7 Å². The molecule has 3 heteroatoms. The fraction of sp³-hybridized carbons (Fsp3) is 0. The van der Waals surface area contributed by atoms with Gasteiger partial charge in [-0.2, -0.15) is 0 Å². The summed E-state index contributed by atoms with van der Waals surface area (Å²) in [6.45, 7) is 0. The highest BCUT2D eigenvalue weighted by Crippen LogP contribution is 2.53. The Labute approximate surface area is 808 Å². The van der Waals surface area contributed by atoms with Gasteiger partial charge in [0.25, 0.3) is 0 Å². The molecule has 29 aromatic rings. The fourth-order valence-electron chi connectivity index (χ4n) is 22.4. The summed E-state index contributed by atoms with van der Waals surface area (Å²) in [5.74, 6) is 0. The quantitative estimate of drug-likeness (QED) is 0.128. The number of fused-ring (bicyclic) bond motifs is 21. The molecule has 646 valence electrons. The summed E-state index contributed by atoms with van der Waals surface area (Å²) in [5.41, 5.74) is 27.8. The third-order valence-corrected chi connectivity index (χ3v) is 28.4. The lowest BCUT2D eigenvalue weighted by Crippen LogP contribution is -1.92. The number of hydrogen-bond donors (Lipinski definition) is 0. The minimum Gasteiger partial charge on any atom is -0.456 e. The molecule has 139 heavy (non-hydrogen) atoms. The highest BCUT2D eigenvalue weighted by atomic mass is 16.3. The minimum atomic E-state index is -0.397. The summed E-state index contributed by atoms with van der Waals surface area (Å²) in [6, 6.07) is 169. The summed E-state index contributed by atoms with van der Waals surface area (Å²) in [5, 5.41) is 29.8. The van der Waals surface area contributed by atoms with Gasteiger partial charge in [-0.05, 0) is 245 Å². The first kappa shape index (κ1) is 75.2. The van der Waals surface area contributed by atoms with Crippen LogP contribution in [0.2, 0.25) is 0 Å². The standard InChI is InChI=1S/C48H30O.C46H28O.C42H26O/c1-2-13-31(14-3-1)32-25-27-33(28-26-32)45-38-19-6-8-21-40(38)46(41-22-9-7-20-39(41)45)36-17-12-16-34(29-36)43-30-35-15-4-5-18-37(35)48-47(43)42-23-10-11-24-44(42)49-48;1-2-14-29(15-3-1)44-35-20-7-9-22-37(35)45(38-23-10-8-21-36(38)44)39-27-26-33(30-16-4-5-17-31(30)39)41-28-42-34-19-12-13-25-43(34)47-46(42)40-24-11-6-18-32(40)41;1-2-12-27(13-3-1)39-32-16-6-8-18-34(32)40(35-19-9-7-17-33(35)39)28-22-24-29(25-23-28)41-31-15-5-4-14-30(31)26-38-42(41)36-20-10-11-21-37(36)43-38/h1-30H;1-28H;1-26H/i;;1D,2D,3D,12D,13D. The smallest absolute Gasteiger partial charge is 0.143 e. The Morgan fingerprint density at radius 3 is 0.978 bits per heavy atom. The Morgan fingerprint density at radius 2 is 0.460 bits per heavy atom. The summed E-state index contributed by atoms with van der Waals surface area (Å²) < 4.78 is 61.9. The van der Waals surface area contributed by atoms with Gasteiger partial charge in [0.2, 0.25) is 0 Å². The third kappa shape index (κ3) is 13.4. The Hall–Kier alpha value is -18.3.